The number of esters is 1. The number of ether oxygens (including phenoxy) is 1. The summed E-state index contributed by atoms with van der Waals surface area (Å²) in [4.78, 5) is 29.7. The molecule has 3 N–H and O–H groups in total. The Morgan fingerprint density at radius 1 is 1.06 bits per heavy atom. The maximum absolute atomic E-state index is 10.4. The number of aliphatic carboxylic acids is 2. The molecule has 0 unspecified atom stereocenters. The molecule has 0 aliphatic heterocycles. The van der Waals surface area contributed by atoms with Gasteiger partial charge in [0.15, 0.2) is 0 Å². The van der Waals surface area contributed by atoms with E-state index in [1.165, 1.54) is 0 Å². The van der Waals surface area contributed by atoms with Gasteiger partial charge in [-0.25, -0.2) is 0 Å². The van der Waals surface area contributed by atoms with Gasteiger partial charge in [-0.3, -0.25) is 14.4 Å². The number of hydrogen-bond donors (Lipinski definition) is 3. The Balaban J connectivity index is 0. The minimum absolute atomic E-state index is 0.0804. The molecule has 0 aromatic rings. The molecule has 0 heterocycles. The molecule has 0 aliphatic rings. The summed E-state index contributed by atoms with van der Waals surface area (Å²) < 4.78 is 4.63. The molecular formula is C10H18O7. The molecular weight excluding hydrogens is 232 g/mol. The van der Waals surface area contributed by atoms with Gasteiger partial charge in [-0.05, 0) is 0 Å². The topological polar surface area (TPSA) is 121 Å². The van der Waals surface area contributed by atoms with E-state index in [-0.39, 0.29) is 25.4 Å². The standard InChI is InChI=1S/C6H12O3.C4H6O4/c1-2-6(8)9-5-3-4-7;5-3(6)1-2-4(7)8/h7H,2-5H2,1H3;1-2H2,(H,5,6)(H,7,8). The third-order valence-corrected chi connectivity index (χ3v) is 1.41. The Morgan fingerprint density at radius 3 is 1.82 bits per heavy atom. The summed E-state index contributed by atoms with van der Waals surface area (Å²) in [6.07, 6.45) is 0.349. The predicted octanol–water partition coefficient (Wildman–Crippen LogP) is 0.258. The van der Waals surface area contributed by atoms with Crippen molar-refractivity contribution in [3.8, 4) is 0 Å². The van der Waals surface area contributed by atoms with Crippen molar-refractivity contribution < 1.29 is 34.4 Å². The molecule has 0 rings (SSSR count). The van der Waals surface area contributed by atoms with E-state index in [0.29, 0.717) is 19.4 Å². The van der Waals surface area contributed by atoms with Gasteiger partial charge >= 0.3 is 17.9 Å². The molecule has 0 radical (unpaired) electrons. The fourth-order valence-electron chi connectivity index (χ4n) is 0.566. The Kier molecular flexibility index (Phi) is 13.0. The molecule has 0 spiro atoms. The highest BCUT2D eigenvalue weighted by molar-refractivity contribution is 5.75. The molecule has 0 fully saturated rings. The van der Waals surface area contributed by atoms with E-state index in [0.717, 1.165) is 0 Å². The second kappa shape index (κ2) is 12.4. The van der Waals surface area contributed by atoms with Gasteiger partial charge in [0.25, 0.3) is 0 Å². The third-order valence-electron chi connectivity index (χ3n) is 1.41. The van der Waals surface area contributed by atoms with Crippen LogP contribution in [0.4, 0.5) is 0 Å². The minimum atomic E-state index is -1.08. The highest BCUT2D eigenvalue weighted by atomic mass is 16.5. The van der Waals surface area contributed by atoms with Gasteiger partial charge in [0.1, 0.15) is 0 Å². The summed E-state index contributed by atoms with van der Waals surface area (Å²) in [6, 6.07) is 0. The van der Waals surface area contributed by atoms with Gasteiger partial charge in [-0.2, -0.15) is 0 Å². The molecule has 7 heteroatoms. The Labute approximate surface area is 99.0 Å². The van der Waals surface area contributed by atoms with Crippen LogP contribution in [-0.2, 0) is 19.1 Å². The van der Waals surface area contributed by atoms with Crippen LogP contribution in [0.3, 0.4) is 0 Å². The first kappa shape index (κ1) is 17.8. The third kappa shape index (κ3) is 20.4. The van der Waals surface area contributed by atoms with Gasteiger partial charge in [0, 0.05) is 19.4 Å². The number of carbonyl (C=O) groups is 3. The van der Waals surface area contributed by atoms with E-state index >= 15 is 0 Å². The lowest BCUT2D eigenvalue weighted by molar-refractivity contribution is -0.143. The molecule has 0 bridgehead atoms. The Hall–Kier alpha value is -1.63. The molecule has 0 atom stereocenters. The second-order valence-electron chi connectivity index (χ2n) is 2.94. The normalized spacial score (nSPS) is 8.82. The smallest absolute Gasteiger partial charge is 0.305 e. The summed E-state index contributed by atoms with van der Waals surface area (Å²) in [5.41, 5.74) is 0. The average Bonchev–Trinajstić information content (AvgIpc) is 2.27. The van der Waals surface area contributed by atoms with Gasteiger partial charge in [0.05, 0.1) is 19.4 Å². The maximum atomic E-state index is 10.4. The zero-order chi connectivity index (χ0) is 13.7. The SMILES string of the molecule is CCC(=O)OCCCO.O=C(O)CCC(=O)O. The van der Waals surface area contributed by atoms with Crippen molar-refractivity contribution >= 4 is 17.9 Å². The van der Waals surface area contributed by atoms with Crippen molar-refractivity contribution in [1.82, 2.24) is 0 Å². The van der Waals surface area contributed by atoms with Crippen molar-refractivity contribution in [2.24, 2.45) is 0 Å². The van der Waals surface area contributed by atoms with Gasteiger partial charge < -0.3 is 20.1 Å². The minimum Gasteiger partial charge on any atom is -0.481 e. The van der Waals surface area contributed by atoms with Crippen LogP contribution in [0.15, 0.2) is 0 Å². The first-order valence-corrected chi connectivity index (χ1v) is 5.14. The van der Waals surface area contributed by atoms with Crippen LogP contribution in [0.1, 0.15) is 32.6 Å². The predicted molar refractivity (Wildman–Crippen MR) is 57.5 cm³/mol. The van der Waals surface area contributed by atoms with E-state index in [1.807, 2.05) is 0 Å². The fraction of sp³-hybridized carbons (Fsp3) is 0.700. The molecule has 17 heavy (non-hydrogen) atoms. The molecule has 0 aromatic carbocycles. The van der Waals surface area contributed by atoms with Crippen LogP contribution >= 0.6 is 0 Å². The lowest BCUT2D eigenvalue weighted by Crippen LogP contribution is -2.04. The number of aliphatic hydroxyl groups is 1. The summed E-state index contributed by atoms with van der Waals surface area (Å²) in [5.74, 6) is -2.36. The zero-order valence-electron chi connectivity index (χ0n) is 9.72. The van der Waals surface area contributed by atoms with Crippen molar-refractivity contribution in [1.29, 1.82) is 0 Å². The van der Waals surface area contributed by atoms with Gasteiger partial charge in [-0.1, -0.05) is 6.92 Å². The zero-order valence-corrected chi connectivity index (χ0v) is 9.72. The molecule has 0 saturated carbocycles. The van der Waals surface area contributed by atoms with E-state index in [1.54, 1.807) is 6.92 Å². The average molecular weight is 250 g/mol. The number of carbonyl (C=O) groups excluding carboxylic acids is 1. The molecule has 7 nitrogen and oxygen atoms in total. The number of rotatable bonds is 7. The lowest BCUT2D eigenvalue weighted by atomic mass is 10.3. The first-order chi connectivity index (χ1) is 7.93. The molecule has 0 aliphatic carbocycles. The summed E-state index contributed by atoms with van der Waals surface area (Å²) >= 11 is 0. The van der Waals surface area contributed by atoms with E-state index in [9.17, 15) is 14.4 Å². The van der Waals surface area contributed by atoms with Crippen molar-refractivity contribution in [2.45, 2.75) is 32.6 Å². The Morgan fingerprint density at radius 2 is 1.53 bits per heavy atom. The summed E-state index contributed by atoms with van der Waals surface area (Å²) in [6.45, 7) is 2.15. The van der Waals surface area contributed by atoms with Crippen LogP contribution < -0.4 is 0 Å². The maximum Gasteiger partial charge on any atom is 0.305 e. The highest BCUT2D eigenvalue weighted by Crippen LogP contribution is 1.86. The summed E-state index contributed by atoms with van der Waals surface area (Å²) in [7, 11) is 0. The van der Waals surface area contributed by atoms with Crippen LogP contribution in [0.5, 0.6) is 0 Å². The van der Waals surface area contributed by atoms with Gasteiger partial charge in [0.2, 0.25) is 0 Å². The van der Waals surface area contributed by atoms with Crippen LogP contribution in [0.2, 0.25) is 0 Å². The van der Waals surface area contributed by atoms with E-state index in [2.05, 4.69) is 4.74 Å². The van der Waals surface area contributed by atoms with Crippen molar-refractivity contribution in [3.63, 3.8) is 0 Å². The van der Waals surface area contributed by atoms with Crippen LogP contribution in [0, 0.1) is 0 Å². The lowest BCUT2D eigenvalue weighted by Gasteiger charge is -1.98. The highest BCUT2D eigenvalue weighted by Gasteiger charge is 2.00. The van der Waals surface area contributed by atoms with Crippen LogP contribution in [0.25, 0.3) is 0 Å². The number of hydrogen-bond acceptors (Lipinski definition) is 5. The van der Waals surface area contributed by atoms with E-state index < -0.39 is 11.9 Å². The molecule has 0 aromatic heterocycles. The van der Waals surface area contributed by atoms with Gasteiger partial charge in [-0.15, -0.1) is 0 Å². The Bertz CT molecular complexity index is 223. The first-order valence-electron chi connectivity index (χ1n) is 5.14. The van der Waals surface area contributed by atoms with E-state index in [4.69, 9.17) is 15.3 Å². The van der Waals surface area contributed by atoms with Crippen LogP contribution in [-0.4, -0.2) is 46.4 Å². The fourth-order valence-corrected chi connectivity index (χ4v) is 0.566. The van der Waals surface area contributed by atoms with Crippen molar-refractivity contribution in [2.75, 3.05) is 13.2 Å². The summed E-state index contributed by atoms with van der Waals surface area (Å²) in [5, 5.41) is 24.1. The molecule has 0 amide bonds. The van der Waals surface area contributed by atoms with Crippen molar-refractivity contribution in [3.05, 3.63) is 0 Å². The largest absolute Gasteiger partial charge is 0.481 e. The molecule has 0 saturated heterocycles. The number of carboxylic acids is 2. The molecule has 100 valence electrons. The number of carboxylic acid groups (broad SMARTS) is 2. The number of aliphatic hydroxyl groups excluding tert-OH is 1. The second-order valence-corrected chi connectivity index (χ2v) is 2.94. The monoisotopic (exact) mass is 250 g/mol. The quantitative estimate of drug-likeness (QED) is 0.437.